The van der Waals surface area contributed by atoms with E-state index >= 15 is 0 Å². The lowest BCUT2D eigenvalue weighted by Crippen LogP contribution is -2.43. The number of carbonyl (C=O) groups excluding carboxylic acids is 2. The van der Waals surface area contributed by atoms with Crippen LogP contribution in [0.1, 0.15) is 59.9 Å². The van der Waals surface area contributed by atoms with Gasteiger partial charge in [-0.25, -0.2) is 0 Å². The van der Waals surface area contributed by atoms with E-state index in [-0.39, 0.29) is 29.9 Å². The van der Waals surface area contributed by atoms with Gasteiger partial charge in [0.15, 0.2) is 11.5 Å². The molecule has 1 unspecified atom stereocenters. The number of aliphatic carboxylic acids is 1. The normalized spacial score (nSPS) is 16.9. The van der Waals surface area contributed by atoms with Crippen molar-refractivity contribution in [3.63, 3.8) is 0 Å². The third kappa shape index (κ3) is 4.45. The molecule has 0 bridgehead atoms. The molecule has 1 N–H and O–H groups in total. The molecule has 0 aliphatic carbocycles. The van der Waals surface area contributed by atoms with Gasteiger partial charge in [0, 0.05) is 30.1 Å². The first-order valence-electron chi connectivity index (χ1n) is 9.19. The number of rotatable bonds is 6. The summed E-state index contributed by atoms with van der Waals surface area (Å²) in [6.45, 7) is 2.13. The van der Waals surface area contributed by atoms with E-state index in [0.29, 0.717) is 24.3 Å². The number of nitrogens with zero attached hydrogens (tertiary/aromatic N) is 1. The molecule has 1 amide bonds. The summed E-state index contributed by atoms with van der Waals surface area (Å²) in [6.07, 6.45) is 3.25. The minimum atomic E-state index is -0.845. The average molecular weight is 369 g/mol. The number of benzene rings is 1. The summed E-state index contributed by atoms with van der Waals surface area (Å²) in [4.78, 5) is 36.9. The largest absolute Gasteiger partial charge is 0.481 e. The van der Waals surface area contributed by atoms with Gasteiger partial charge in [0.25, 0.3) is 5.91 Å². The van der Waals surface area contributed by atoms with Gasteiger partial charge in [-0.3, -0.25) is 14.4 Å². The van der Waals surface area contributed by atoms with Crippen LogP contribution in [0, 0.1) is 0 Å². The fraction of sp³-hybridized carbons (Fsp3) is 0.381. The summed E-state index contributed by atoms with van der Waals surface area (Å²) >= 11 is 0. The smallest absolute Gasteiger partial charge is 0.303 e. The van der Waals surface area contributed by atoms with Crippen molar-refractivity contribution >= 4 is 17.7 Å². The van der Waals surface area contributed by atoms with Crippen LogP contribution in [0.5, 0.6) is 0 Å². The predicted octanol–water partition coefficient (Wildman–Crippen LogP) is 4.01. The summed E-state index contributed by atoms with van der Waals surface area (Å²) in [7, 11) is 0. The Hall–Kier alpha value is -2.89. The predicted molar refractivity (Wildman–Crippen MR) is 99.7 cm³/mol. The average Bonchev–Trinajstić information content (AvgIpc) is 3.16. The first-order chi connectivity index (χ1) is 13.0. The molecule has 6 heteroatoms. The number of ketones is 1. The maximum Gasteiger partial charge on any atom is 0.303 e. The van der Waals surface area contributed by atoms with Gasteiger partial charge in [0.2, 0.25) is 0 Å². The summed E-state index contributed by atoms with van der Waals surface area (Å²) in [5.41, 5.74) is 1.41. The molecule has 0 radical (unpaired) electrons. The van der Waals surface area contributed by atoms with E-state index in [9.17, 15) is 14.4 Å². The molecular weight excluding hydrogens is 346 g/mol. The summed E-state index contributed by atoms with van der Waals surface area (Å²) in [5, 5.41) is 8.93. The van der Waals surface area contributed by atoms with E-state index in [4.69, 9.17) is 9.52 Å². The Morgan fingerprint density at radius 3 is 2.52 bits per heavy atom. The van der Waals surface area contributed by atoms with E-state index in [1.54, 1.807) is 41.3 Å². The molecule has 1 aromatic heterocycles. The van der Waals surface area contributed by atoms with Crippen LogP contribution in [0.3, 0.4) is 0 Å². The van der Waals surface area contributed by atoms with Crippen molar-refractivity contribution in [3.05, 3.63) is 47.7 Å². The van der Waals surface area contributed by atoms with Crippen LogP contribution in [-0.4, -0.2) is 40.3 Å². The SMILES string of the molecule is CC(=O)c1ccc(-c2ccc(C(=O)N3CCCCC3CCC(=O)O)o2)cc1. The molecule has 0 saturated carbocycles. The first-order valence-corrected chi connectivity index (χ1v) is 9.19. The molecule has 1 aromatic carbocycles. The number of carbonyl (C=O) groups is 3. The molecule has 1 saturated heterocycles. The Morgan fingerprint density at radius 2 is 1.85 bits per heavy atom. The van der Waals surface area contributed by atoms with Crippen molar-refractivity contribution in [2.45, 2.75) is 45.1 Å². The van der Waals surface area contributed by atoms with Crippen molar-refractivity contribution in [1.29, 1.82) is 0 Å². The minimum Gasteiger partial charge on any atom is -0.481 e. The van der Waals surface area contributed by atoms with Gasteiger partial charge in [0.05, 0.1) is 0 Å². The quantitative estimate of drug-likeness (QED) is 0.777. The highest BCUT2D eigenvalue weighted by atomic mass is 16.4. The molecule has 27 heavy (non-hydrogen) atoms. The Morgan fingerprint density at radius 1 is 1.11 bits per heavy atom. The molecule has 1 aliphatic heterocycles. The van der Waals surface area contributed by atoms with Crippen LogP contribution in [0.15, 0.2) is 40.8 Å². The molecule has 3 rings (SSSR count). The zero-order valence-corrected chi connectivity index (χ0v) is 15.3. The highest BCUT2D eigenvalue weighted by molar-refractivity contribution is 5.94. The van der Waals surface area contributed by atoms with Crippen molar-refractivity contribution < 1.29 is 23.9 Å². The Labute approximate surface area is 157 Å². The first kappa shape index (κ1) is 18.9. The molecule has 1 atom stereocenters. The van der Waals surface area contributed by atoms with Gasteiger partial charge < -0.3 is 14.4 Å². The lowest BCUT2D eigenvalue weighted by molar-refractivity contribution is -0.137. The van der Waals surface area contributed by atoms with Gasteiger partial charge in [-0.15, -0.1) is 0 Å². The van der Waals surface area contributed by atoms with E-state index in [1.807, 2.05) is 0 Å². The summed E-state index contributed by atoms with van der Waals surface area (Å²) in [5.74, 6) is -0.233. The van der Waals surface area contributed by atoms with Gasteiger partial charge in [-0.05, 0) is 44.7 Å². The molecular formula is C21H23NO5. The number of carboxylic acids is 1. The standard InChI is InChI=1S/C21H23NO5/c1-14(23)15-5-7-16(8-6-15)18-10-11-19(27-18)21(26)22-13-3-2-4-17(22)9-12-20(24)25/h5-8,10-11,17H,2-4,9,12-13H2,1H3,(H,24,25). The maximum absolute atomic E-state index is 12.9. The van der Waals surface area contributed by atoms with Crippen molar-refractivity contribution in [2.75, 3.05) is 6.54 Å². The zero-order valence-electron chi connectivity index (χ0n) is 15.3. The summed E-state index contributed by atoms with van der Waals surface area (Å²) < 4.78 is 5.77. The second-order valence-electron chi connectivity index (χ2n) is 6.88. The number of carboxylic acid groups (broad SMARTS) is 1. The molecule has 1 aliphatic rings. The van der Waals surface area contributed by atoms with Crippen LogP contribution >= 0.6 is 0 Å². The lowest BCUT2D eigenvalue weighted by Gasteiger charge is -2.35. The Bertz CT molecular complexity index is 837. The lowest BCUT2D eigenvalue weighted by atomic mass is 9.97. The van der Waals surface area contributed by atoms with E-state index in [0.717, 1.165) is 24.8 Å². The van der Waals surface area contributed by atoms with Gasteiger partial charge in [-0.1, -0.05) is 24.3 Å². The van der Waals surface area contributed by atoms with Crippen molar-refractivity contribution in [3.8, 4) is 11.3 Å². The number of likely N-dealkylation sites (tertiary alicyclic amines) is 1. The fourth-order valence-corrected chi connectivity index (χ4v) is 3.48. The molecule has 2 heterocycles. The fourth-order valence-electron chi connectivity index (χ4n) is 3.48. The van der Waals surface area contributed by atoms with Crippen LogP contribution < -0.4 is 0 Å². The van der Waals surface area contributed by atoms with Crippen molar-refractivity contribution in [1.82, 2.24) is 4.90 Å². The number of hydrogen-bond acceptors (Lipinski definition) is 4. The zero-order chi connectivity index (χ0) is 19.4. The Balaban J connectivity index is 1.75. The van der Waals surface area contributed by atoms with Crippen LogP contribution in [0.25, 0.3) is 11.3 Å². The number of furan rings is 1. The second-order valence-corrected chi connectivity index (χ2v) is 6.88. The van der Waals surface area contributed by atoms with Gasteiger partial charge in [-0.2, -0.15) is 0 Å². The van der Waals surface area contributed by atoms with Crippen molar-refractivity contribution in [2.24, 2.45) is 0 Å². The van der Waals surface area contributed by atoms with Gasteiger partial charge >= 0.3 is 5.97 Å². The molecule has 0 spiro atoms. The van der Waals surface area contributed by atoms with E-state index in [2.05, 4.69) is 0 Å². The minimum absolute atomic E-state index is 0.00522. The number of piperidine rings is 1. The van der Waals surface area contributed by atoms with Crippen LogP contribution in [0.2, 0.25) is 0 Å². The van der Waals surface area contributed by atoms with E-state index in [1.165, 1.54) is 6.92 Å². The molecule has 1 fully saturated rings. The number of hydrogen-bond donors (Lipinski definition) is 1. The highest BCUT2D eigenvalue weighted by Crippen LogP contribution is 2.27. The van der Waals surface area contributed by atoms with E-state index < -0.39 is 5.97 Å². The number of Topliss-reactive ketones (excluding diaryl/α,β-unsaturated/α-hetero) is 1. The van der Waals surface area contributed by atoms with Crippen LogP contribution in [-0.2, 0) is 4.79 Å². The van der Waals surface area contributed by atoms with Crippen LogP contribution in [0.4, 0.5) is 0 Å². The Kier molecular flexibility index (Phi) is 5.74. The molecule has 142 valence electrons. The monoisotopic (exact) mass is 369 g/mol. The summed E-state index contributed by atoms with van der Waals surface area (Å²) in [6, 6.07) is 10.4. The topological polar surface area (TPSA) is 87.8 Å². The van der Waals surface area contributed by atoms with Gasteiger partial charge in [0.1, 0.15) is 5.76 Å². The molecule has 6 nitrogen and oxygen atoms in total. The third-order valence-electron chi connectivity index (χ3n) is 4.97. The number of amides is 1. The maximum atomic E-state index is 12.9. The third-order valence-corrected chi connectivity index (χ3v) is 4.97. The molecule has 2 aromatic rings. The second kappa shape index (κ2) is 8.20. The highest BCUT2D eigenvalue weighted by Gasteiger charge is 2.29.